The summed E-state index contributed by atoms with van der Waals surface area (Å²) in [6.45, 7) is 0. The Labute approximate surface area is 137 Å². The molecule has 0 spiro atoms. The number of ether oxygens (including phenoxy) is 1. The normalized spacial score (nSPS) is 11.0. The van der Waals surface area contributed by atoms with Gasteiger partial charge in [-0.1, -0.05) is 58.4 Å². The van der Waals surface area contributed by atoms with Gasteiger partial charge in [-0.05, 0) is 46.7 Å². The first-order valence-electron chi connectivity index (χ1n) is 6.85. The molecule has 0 fully saturated rings. The number of hydrogen-bond acceptors (Lipinski definition) is 2. The van der Waals surface area contributed by atoms with Crippen LogP contribution in [0.5, 0.6) is 5.75 Å². The molecule has 2 nitrogen and oxygen atoms in total. The van der Waals surface area contributed by atoms with Gasteiger partial charge in [0.15, 0.2) is 0 Å². The van der Waals surface area contributed by atoms with Crippen molar-refractivity contribution >= 4 is 38.7 Å². The lowest BCUT2D eigenvalue weighted by atomic mass is 10.0. The zero-order valence-electron chi connectivity index (χ0n) is 11.7. The summed E-state index contributed by atoms with van der Waals surface area (Å²) in [4.78, 5) is 11.9. The van der Waals surface area contributed by atoms with Crippen LogP contribution in [0.15, 0.2) is 77.3 Å². The maximum absolute atomic E-state index is 11.9. The van der Waals surface area contributed by atoms with E-state index in [1.54, 1.807) is 18.2 Å². The van der Waals surface area contributed by atoms with Crippen LogP contribution in [0.2, 0.25) is 0 Å². The van der Waals surface area contributed by atoms with Gasteiger partial charge in [0.1, 0.15) is 5.75 Å². The van der Waals surface area contributed by atoms with E-state index in [1.807, 2.05) is 54.6 Å². The van der Waals surface area contributed by atoms with Gasteiger partial charge in [-0.15, -0.1) is 0 Å². The van der Waals surface area contributed by atoms with Crippen LogP contribution in [0.4, 0.5) is 0 Å². The Balaban J connectivity index is 1.78. The van der Waals surface area contributed by atoms with Gasteiger partial charge in [-0.2, -0.15) is 0 Å². The van der Waals surface area contributed by atoms with E-state index in [9.17, 15) is 4.79 Å². The molecule has 0 saturated carbocycles. The molecular weight excluding hydrogens is 340 g/mol. The molecule has 3 heteroatoms. The van der Waals surface area contributed by atoms with E-state index in [0.29, 0.717) is 5.75 Å². The molecule has 3 aromatic rings. The van der Waals surface area contributed by atoms with Crippen molar-refractivity contribution in [2.45, 2.75) is 0 Å². The van der Waals surface area contributed by atoms with E-state index < -0.39 is 5.97 Å². The molecule has 0 amide bonds. The fourth-order valence-electron chi connectivity index (χ4n) is 2.21. The Hall–Kier alpha value is -2.39. The SMILES string of the molecule is O=C(/C=C/c1cccc2ccccc12)Oc1ccc(Br)cc1. The van der Waals surface area contributed by atoms with Gasteiger partial charge in [-0.3, -0.25) is 0 Å². The quantitative estimate of drug-likeness (QED) is 0.367. The van der Waals surface area contributed by atoms with Crippen LogP contribution in [0.25, 0.3) is 16.8 Å². The molecule has 0 aliphatic heterocycles. The van der Waals surface area contributed by atoms with Gasteiger partial charge in [0.2, 0.25) is 0 Å². The standard InChI is InChI=1S/C19H13BrO2/c20-16-9-11-17(12-10-16)22-19(21)13-8-15-6-3-5-14-4-1-2-7-18(14)15/h1-13H/b13-8+. The highest BCUT2D eigenvalue weighted by molar-refractivity contribution is 9.10. The van der Waals surface area contributed by atoms with Gasteiger partial charge in [0, 0.05) is 10.5 Å². The average Bonchev–Trinajstić information content (AvgIpc) is 2.55. The van der Waals surface area contributed by atoms with Crippen molar-refractivity contribution in [1.29, 1.82) is 0 Å². The second-order valence-corrected chi connectivity index (χ2v) is 5.69. The van der Waals surface area contributed by atoms with Crippen LogP contribution in [0, 0.1) is 0 Å². The summed E-state index contributed by atoms with van der Waals surface area (Å²) < 4.78 is 6.20. The molecule has 3 rings (SSSR count). The summed E-state index contributed by atoms with van der Waals surface area (Å²) in [5, 5.41) is 2.25. The second-order valence-electron chi connectivity index (χ2n) is 4.78. The number of hydrogen-bond donors (Lipinski definition) is 0. The summed E-state index contributed by atoms with van der Waals surface area (Å²) in [6, 6.07) is 21.2. The van der Waals surface area contributed by atoms with E-state index in [-0.39, 0.29) is 0 Å². The Kier molecular flexibility index (Phi) is 4.35. The van der Waals surface area contributed by atoms with E-state index >= 15 is 0 Å². The topological polar surface area (TPSA) is 26.3 Å². The van der Waals surface area contributed by atoms with Gasteiger partial charge in [0.05, 0.1) is 0 Å². The summed E-state index contributed by atoms with van der Waals surface area (Å²) in [5.74, 6) is 0.131. The zero-order chi connectivity index (χ0) is 15.4. The average molecular weight is 353 g/mol. The number of carbonyl (C=O) groups excluding carboxylic acids is 1. The molecule has 0 aromatic heterocycles. The molecule has 0 bridgehead atoms. The summed E-state index contributed by atoms with van der Waals surface area (Å²) >= 11 is 3.34. The number of benzene rings is 3. The van der Waals surface area contributed by atoms with Gasteiger partial charge in [-0.25, -0.2) is 4.79 Å². The maximum Gasteiger partial charge on any atom is 0.336 e. The number of esters is 1. The van der Waals surface area contributed by atoms with Crippen molar-refractivity contribution in [3.8, 4) is 5.75 Å². The largest absolute Gasteiger partial charge is 0.423 e. The number of rotatable bonds is 3. The van der Waals surface area contributed by atoms with Crippen molar-refractivity contribution in [1.82, 2.24) is 0 Å². The van der Waals surface area contributed by atoms with Crippen LogP contribution in [0.3, 0.4) is 0 Å². The first-order valence-corrected chi connectivity index (χ1v) is 7.65. The molecule has 0 atom stereocenters. The minimum Gasteiger partial charge on any atom is -0.423 e. The minimum absolute atomic E-state index is 0.393. The smallest absolute Gasteiger partial charge is 0.336 e. The van der Waals surface area contributed by atoms with E-state index in [1.165, 1.54) is 6.08 Å². The molecule has 0 aliphatic rings. The first kappa shape index (κ1) is 14.5. The lowest BCUT2D eigenvalue weighted by Crippen LogP contribution is -2.03. The van der Waals surface area contributed by atoms with E-state index in [4.69, 9.17) is 4.74 Å². The molecule has 0 unspecified atom stereocenters. The Morgan fingerprint density at radius 2 is 1.64 bits per heavy atom. The van der Waals surface area contributed by atoms with Crippen LogP contribution in [-0.4, -0.2) is 5.97 Å². The second kappa shape index (κ2) is 6.58. The maximum atomic E-state index is 11.9. The van der Waals surface area contributed by atoms with Crippen molar-refractivity contribution < 1.29 is 9.53 Å². The molecule has 0 N–H and O–H groups in total. The lowest BCUT2D eigenvalue weighted by molar-refractivity contribution is -0.128. The van der Waals surface area contributed by atoms with Crippen molar-refractivity contribution in [3.63, 3.8) is 0 Å². The predicted molar refractivity (Wildman–Crippen MR) is 92.8 cm³/mol. The summed E-state index contributed by atoms with van der Waals surface area (Å²) in [5.41, 5.74) is 0.992. The van der Waals surface area contributed by atoms with Crippen molar-refractivity contribution in [2.24, 2.45) is 0 Å². The van der Waals surface area contributed by atoms with Gasteiger partial charge < -0.3 is 4.74 Å². The number of halogens is 1. The molecule has 3 aromatic carbocycles. The zero-order valence-corrected chi connectivity index (χ0v) is 13.3. The Bertz CT molecular complexity index is 830. The fraction of sp³-hybridized carbons (Fsp3) is 0. The van der Waals surface area contributed by atoms with Crippen molar-refractivity contribution in [2.75, 3.05) is 0 Å². The summed E-state index contributed by atoms with van der Waals surface area (Å²) in [7, 11) is 0. The molecule has 22 heavy (non-hydrogen) atoms. The third-order valence-electron chi connectivity index (χ3n) is 3.25. The Morgan fingerprint density at radius 1 is 0.909 bits per heavy atom. The highest BCUT2D eigenvalue weighted by atomic mass is 79.9. The molecule has 0 radical (unpaired) electrons. The van der Waals surface area contributed by atoms with Crippen LogP contribution in [-0.2, 0) is 4.79 Å². The first-order chi connectivity index (χ1) is 10.7. The number of carbonyl (C=O) groups is 1. The molecule has 108 valence electrons. The number of fused-ring (bicyclic) bond motifs is 1. The highest BCUT2D eigenvalue weighted by Crippen LogP contribution is 2.20. The van der Waals surface area contributed by atoms with E-state index in [0.717, 1.165) is 20.8 Å². The van der Waals surface area contributed by atoms with E-state index in [2.05, 4.69) is 15.9 Å². The predicted octanol–water partition coefficient (Wildman–Crippen LogP) is 5.22. The Morgan fingerprint density at radius 3 is 2.45 bits per heavy atom. The van der Waals surface area contributed by atoms with Gasteiger partial charge in [0.25, 0.3) is 0 Å². The van der Waals surface area contributed by atoms with Crippen LogP contribution in [0.1, 0.15) is 5.56 Å². The fourth-order valence-corrected chi connectivity index (χ4v) is 2.47. The third-order valence-corrected chi connectivity index (χ3v) is 3.78. The van der Waals surface area contributed by atoms with Crippen LogP contribution >= 0.6 is 15.9 Å². The molecule has 0 aliphatic carbocycles. The summed E-state index contributed by atoms with van der Waals surface area (Å²) in [6.07, 6.45) is 3.23. The molecular formula is C19H13BrO2. The monoisotopic (exact) mass is 352 g/mol. The van der Waals surface area contributed by atoms with Crippen LogP contribution < -0.4 is 4.74 Å². The minimum atomic E-state index is -0.393. The molecule has 0 saturated heterocycles. The lowest BCUT2D eigenvalue weighted by Gasteiger charge is -2.03. The van der Waals surface area contributed by atoms with Crippen molar-refractivity contribution in [3.05, 3.63) is 82.8 Å². The highest BCUT2D eigenvalue weighted by Gasteiger charge is 2.01. The molecule has 0 heterocycles. The van der Waals surface area contributed by atoms with Gasteiger partial charge >= 0.3 is 5.97 Å². The third kappa shape index (κ3) is 3.43.